The van der Waals surface area contributed by atoms with Gasteiger partial charge < -0.3 is 26.2 Å². The Morgan fingerprint density at radius 1 is 0.967 bits per heavy atom. The molecular weight excluding hydrogens is 389 g/mol. The fourth-order valence-corrected chi connectivity index (χ4v) is 4.33. The van der Waals surface area contributed by atoms with E-state index in [4.69, 9.17) is 5.11 Å². The summed E-state index contributed by atoms with van der Waals surface area (Å²) in [5, 5.41) is 27.6. The monoisotopic (exact) mass is 421 g/mol. The second-order valence-electron chi connectivity index (χ2n) is 8.44. The number of halogens is 1. The fourth-order valence-electron chi connectivity index (χ4n) is 4.33. The van der Waals surface area contributed by atoms with Crippen LogP contribution in [0.1, 0.15) is 74.6 Å². The van der Waals surface area contributed by atoms with Crippen molar-refractivity contribution in [3.05, 3.63) is 23.5 Å². The van der Waals surface area contributed by atoms with Crippen molar-refractivity contribution in [2.45, 2.75) is 82.4 Å². The van der Waals surface area contributed by atoms with Gasteiger partial charge in [0.2, 0.25) is 0 Å². The van der Waals surface area contributed by atoms with Crippen molar-refractivity contribution in [3.63, 3.8) is 0 Å². The molecule has 0 aliphatic heterocycles. The van der Waals surface area contributed by atoms with Crippen LogP contribution in [0.2, 0.25) is 0 Å². The number of carbonyl (C=O) groups is 2. The van der Waals surface area contributed by atoms with Gasteiger partial charge in [0, 0.05) is 24.3 Å². The first-order chi connectivity index (χ1) is 14.4. The maximum absolute atomic E-state index is 14.8. The molecule has 0 radical (unpaired) electrons. The number of aliphatic hydroxyl groups is 1. The Bertz CT molecular complexity index is 746. The van der Waals surface area contributed by atoms with Crippen molar-refractivity contribution in [1.82, 2.24) is 5.32 Å². The molecule has 7 nitrogen and oxygen atoms in total. The molecule has 2 saturated carbocycles. The van der Waals surface area contributed by atoms with E-state index in [0.717, 1.165) is 51.4 Å². The van der Waals surface area contributed by atoms with E-state index in [1.165, 1.54) is 12.5 Å². The standard InChI is InChI=1S/C22H32FN3O4/c23-18-11-17(22(30)24-13-16(27)10-21(28)29)19(25-14-8-4-5-9-14)12-20(18)26-15-6-2-1-3-7-15/h11-12,14-16,25-27H,1-10,13H2,(H,24,30)(H,28,29)/t16-/m0/s1. The Morgan fingerprint density at radius 2 is 1.53 bits per heavy atom. The number of nitrogens with one attached hydrogen (secondary N) is 3. The van der Waals surface area contributed by atoms with Crippen LogP contribution in [-0.4, -0.2) is 46.8 Å². The average molecular weight is 422 g/mol. The minimum Gasteiger partial charge on any atom is -0.481 e. The number of hydrogen-bond acceptors (Lipinski definition) is 5. The third-order valence-corrected chi connectivity index (χ3v) is 5.94. The Kier molecular flexibility index (Phi) is 7.90. The zero-order valence-corrected chi connectivity index (χ0v) is 17.3. The maximum atomic E-state index is 14.8. The number of carbonyl (C=O) groups excluding carboxylic acids is 1. The molecule has 0 unspecified atom stereocenters. The fraction of sp³-hybridized carbons (Fsp3) is 0.636. The van der Waals surface area contributed by atoms with E-state index < -0.39 is 30.2 Å². The molecular formula is C22H32FN3O4. The summed E-state index contributed by atoms with van der Waals surface area (Å²) in [4.78, 5) is 23.4. The summed E-state index contributed by atoms with van der Waals surface area (Å²) in [5.74, 6) is -2.18. The highest BCUT2D eigenvalue weighted by Crippen LogP contribution is 2.31. The van der Waals surface area contributed by atoms with Gasteiger partial charge in [0.1, 0.15) is 5.82 Å². The molecule has 0 saturated heterocycles. The van der Waals surface area contributed by atoms with Crippen molar-refractivity contribution < 1.29 is 24.2 Å². The van der Waals surface area contributed by atoms with E-state index in [1.54, 1.807) is 6.07 Å². The van der Waals surface area contributed by atoms with Crippen LogP contribution in [0.25, 0.3) is 0 Å². The maximum Gasteiger partial charge on any atom is 0.306 e. The number of amides is 1. The Labute approximate surface area is 176 Å². The lowest BCUT2D eigenvalue weighted by Gasteiger charge is -2.25. The lowest BCUT2D eigenvalue weighted by Crippen LogP contribution is -2.34. The van der Waals surface area contributed by atoms with Gasteiger partial charge in [-0.05, 0) is 37.8 Å². The SMILES string of the molecule is O=C(O)C[C@H](O)CNC(=O)c1cc(F)c(NC2CCCCC2)cc1NC1CCCC1. The third kappa shape index (κ3) is 6.32. The quantitative estimate of drug-likeness (QED) is 0.417. The number of aliphatic hydroxyl groups excluding tert-OH is 1. The van der Waals surface area contributed by atoms with Crippen LogP contribution in [0, 0.1) is 5.82 Å². The molecule has 166 valence electrons. The lowest BCUT2D eigenvalue weighted by atomic mass is 9.95. The zero-order chi connectivity index (χ0) is 21.5. The summed E-state index contributed by atoms with van der Waals surface area (Å²) in [7, 11) is 0. The molecule has 0 heterocycles. The summed E-state index contributed by atoms with van der Waals surface area (Å²) >= 11 is 0. The smallest absolute Gasteiger partial charge is 0.306 e. The normalized spacial score (nSPS) is 18.7. The van der Waals surface area contributed by atoms with Crippen LogP contribution in [0.3, 0.4) is 0 Å². The minimum atomic E-state index is -1.20. The van der Waals surface area contributed by atoms with Crippen molar-refractivity contribution >= 4 is 23.3 Å². The number of carboxylic acids is 1. The molecule has 1 atom stereocenters. The summed E-state index contributed by atoms with van der Waals surface area (Å²) < 4.78 is 14.8. The molecule has 8 heteroatoms. The van der Waals surface area contributed by atoms with Gasteiger partial charge in [0.15, 0.2) is 0 Å². The Balaban J connectivity index is 1.76. The molecule has 2 aliphatic rings. The first kappa shape index (κ1) is 22.3. The van der Waals surface area contributed by atoms with Crippen LogP contribution in [0.5, 0.6) is 0 Å². The number of carboxylic acid groups (broad SMARTS) is 1. The highest BCUT2D eigenvalue weighted by Gasteiger charge is 2.23. The van der Waals surface area contributed by atoms with Crippen molar-refractivity contribution in [1.29, 1.82) is 0 Å². The highest BCUT2D eigenvalue weighted by atomic mass is 19.1. The molecule has 30 heavy (non-hydrogen) atoms. The Morgan fingerprint density at radius 3 is 2.13 bits per heavy atom. The predicted molar refractivity (Wildman–Crippen MR) is 113 cm³/mol. The van der Waals surface area contributed by atoms with E-state index >= 15 is 0 Å². The molecule has 3 rings (SSSR count). The topological polar surface area (TPSA) is 111 Å². The van der Waals surface area contributed by atoms with Gasteiger partial charge in [-0.25, -0.2) is 4.39 Å². The van der Waals surface area contributed by atoms with Crippen molar-refractivity contribution in [2.75, 3.05) is 17.2 Å². The van der Waals surface area contributed by atoms with Gasteiger partial charge in [-0.15, -0.1) is 0 Å². The van der Waals surface area contributed by atoms with Gasteiger partial charge in [-0.2, -0.15) is 0 Å². The molecule has 5 N–H and O–H groups in total. The number of hydrogen-bond donors (Lipinski definition) is 5. The van der Waals surface area contributed by atoms with Gasteiger partial charge in [0.05, 0.1) is 23.8 Å². The summed E-state index contributed by atoms with van der Waals surface area (Å²) in [6.07, 6.45) is 8.07. The highest BCUT2D eigenvalue weighted by molar-refractivity contribution is 6.00. The number of aliphatic carboxylic acids is 1. The molecule has 0 spiro atoms. The lowest BCUT2D eigenvalue weighted by molar-refractivity contribution is -0.139. The van der Waals surface area contributed by atoms with Gasteiger partial charge in [0.25, 0.3) is 5.91 Å². The molecule has 2 aliphatic carbocycles. The summed E-state index contributed by atoms with van der Waals surface area (Å²) in [6.45, 7) is -0.211. The van der Waals surface area contributed by atoms with Crippen LogP contribution in [0.15, 0.2) is 12.1 Å². The van der Waals surface area contributed by atoms with Crippen LogP contribution in [0.4, 0.5) is 15.8 Å². The number of anilines is 2. The van der Waals surface area contributed by atoms with E-state index in [2.05, 4.69) is 16.0 Å². The average Bonchev–Trinajstić information content (AvgIpc) is 3.22. The summed E-state index contributed by atoms with van der Waals surface area (Å²) in [6, 6.07) is 3.37. The Hall–Kier alpha value is -2.35. The van der Waals surface area contributed by atoms with Gasteiger partial charge in [-0.3, -0.25) is 9.59 Å². The summed E-state index contributed by atoms with van der Waals surface area (Å²) in [5.41, 5.74) is 1.12. The molecule has 1 aromatic carbocycles. The third-order valence-electron chi connectivity index (χ3n) is 5.94. The number of benzene rings is 1. The van der Waals surface area contributed by atoms with Crippen molar-refractivity contribution in [3.8, 4) is 0 Å². The van der Waals surface area contributed by atoms with Crippen molar-refractivity contribution in [2.24, 2.45) is 0 Å². The largest absolute Gasteiger partial charge is 0.481 e. The van der Waals surface area contributed by atoms with E-state index in [-0.39, 0.29) is 24.2 Å². The molecule has 1 amide bonds. The predicted octanol–water partition coefficient (Wildman–Crippen LogP) is 3.49. The zero-order valence-electron chi connectivity index (χ0n) is 17.3. The number of rotatable bonds is 9. The molecule has 0 aromatic heterocycles. The van der Waals surface area contributed by atoms with E-state index in [9.17, 15) is 19.1 Å². The van der Waals surface area contributed by atoms with Crippen LogP contribution >= 0.6 is 0 Å². The first-order valence-electron chi connectivity index (χ1n) is 11.0. The molecule has 0 bridgehead atoms. The minimum absolute atomic E-state index is 0.163. The van der Waals surface area contributed by atoms with Crippen LogP contribution < -0.4 is 16.0 Å². The second kappa shape index (κ2) is 10.6. The van der Waals surface area contributed by atoms with Gasteiger partial charge >= 0.3 is 5.97 Å². The molecule has 2 fully saturated rings. The van der Waals surface area contributed by atoms with E-state index in [0.29, 0.717) is 11.4 Å². The second-order valence-corrected chi connectivity index (χ2v) is 8.44. The van der Waals surface area contributed by atoms with Gasteiger partial charge in [-0.1, -0.05) is 32.1 Å². The van der Waals surface area contributed by atoms with Crippen LogP contribution in [-0.2, 0) is 4.79 Å². The molecule has 1 aromatic rings. The first-order valence-corrected chi connectivity index (χ1v) is 11.0. The van der Waals surface area contributed by atoms with E-state index in [1.807, 2.05) is 0 Å².